The third kappa shape index (κ3) is 1.83. The third-order valence-corrected chi connectivity index (χ3v) is 1.87. The van der Waals surface area contributed by atoms with Crippen LogP contribution in [0.3, 0.4) is 0 Å². The molecule has 7 nitrogen and oxygen atoms in total. The van der Waals surface area contributed by atoms with E-state index in [0.29, 0.717) is 11.5 Å². The molecule has 2 aromatic rings. The van der Waals surface area contributed by atoms with Crippen LogP contribution in [-0.2, 0) is 4.74 Å². The largest absolute Gasteiger partial charge is 0.463 e. The topological polar surface area (TPSA) is 95.9 Å². The number of pyridine rings is 1. The summed E-state index contributed by atoms with van der Waals surface area (Å²) < 4.78 is 5.85. The minimum Gasteiger partial charge on any atom is -0.463 e. The monoisotopic (exact) mass is 219 g/mol. The predicted molar refractivity (Wildman–Crippen MR) is 54.9 cm³/mol. The van der Waals surface area contributed by atoms with E-state index in [9.17, 15) is 4.79 Å². The summed E-state index contributed by atoms with van der Waals surface area (Å²) in [6.45, 7) is 0. The van der Waals surface area contributed by atoms with Gasteiger partial charge in [-0.15, -0.1) is 5.10 Å². The van der Waals surface area contributed by atoms with Gasteiger partial charge in [0.25, 0.3) is 5.82 Å². The Balaban J connectivity index is 2.31. The number of esters is 1. The second-order valence-electron chi connectivity index (χ2n) is 2.95. The van der Waals surface area contributed by atoms with Crippen molar-refractivity contribution in [1.29, 1.82) is 0 Å². The van der Waals surface area contributed by atoms with Crippen LogP contribution in [-0.4, -0.2) is 32.8 Å². The number of aromatic nitrogens is 4. The second-order valence-corrected chi connectivity index (χ2v) is 2.95. The van der Waals surface area contributed by atoms with E-state index in [1.165, 1.54) is 24.3 Å². The number of anilines is 1. The second kappa shape index (κ2) is 3.97. The van der Waals surface area contributed by atoms with Crippen LogP contribution in [0, 0.1) is 0 Å². The number of nitrogens with zero attached hydrogens (tertiary/aromatic N) is 4. The molecule has 82 valence electrons. The fraction of sp³-hybridized carbons (Fsp3) is 0.111. The number of ether oxygens (including phenoxy) is 1. The Labute approximate surface area is 90.9 Å². The third-order valence-electron chi connectivity index (χ3n) is 1.87. The molecule has 2 heterocycles. The van der Waals surface area contributed by atoms with Crippen LogP contribution in [0.15, 0.2) is 24.7 Å². The lowest BCUT2D eigenvalue weighted by molar-refractivity contribution is 0.0587. The SMILES string of the molecule is COC(=O)c1ncn(-c2ccc(N)cn2)n1. The lowest BCUT2D eigenvalue weighted by atomic mass is 10.4. The maximum Gasteiger partial charge on any atom is 0.377 e. The van der Waals surface area contributed by atoms with E-state index < -0.39 is 5.97 Å². The van der Waals surface area contributed by atoms with Crippen LogP contribution in [0.1, 0.15) is 10.6 Å². The van der Waals surface area contributed by atoms with Gasteiger partial charge in [-0.2, -0.15) is 0 Å². The van der Waals surface area contributed by atoms with Gasteiger partial charge >= 0.3 is 5.97 Å². The van der Waals surface area contributed by atoms with Crippen LogP contribution in [0.4, 0.5) is 5.69 Å². The molecule has 0 unspecified atom stereocenters. The lowest BCUT2D eigenvalue weighted by Gasteiger charge is -1.98. The molecule has 16 heavy (non-hydrogen) atoms. The predicted octanol–water partition coefficient (Wildman–Crippen LogP) is 0.0311. The van der Waals surface area contributed by atoms with Gasteiger partial charge in [-0.1, -0.05) is 0 Å². The molecule has 2 aromatic heterocycles. The highest BCUT2D eigenvalue weighted by Gasteiger charge is 2.11. The smallest absolute Gasteiger partial charge is 0.377 e. The molecular weight excluding hydrogens is 210 g/mol. The Morgan fingerprint density at radius 3 is 2.88 bits per heavy atom. The van der Waals surface area contributed by atoms with Crippen LogP contribution in [0.25, 0.3) is 5.82 Å². The molecule has 0 saturated heterocycles. The molecule has 0 aliphatic heterocycles. The molecule has 0 radical (unpaired) electrons. The lowest BCUT2D eigenvalue weighted by Crippen LogP contribution is -2.05. The first-order valence-corrected chi connectivity index (χ1v) is 4.42. The van der Waals surface area contributed by atoms with Crippen LogP contribution in [0.5, 0.6) is 0 Å². The van der Waals surface area contributed by atoms with E-state index in [-0.39, 0.29) is 5.82 Å². The van der Waals surface area contributed by atoms with Crippen molar-refractivity contribution in [1.82, 2.24) is 19.7 Å². The maximum atomic E-state index is 11.1. The van der Waals surface area contributed by atoms with Gasteiger partial charge in [0, 0.05) is 0 Å². The summed E-state index contributed by atoms with van der Waals surface area (Å²) in [5.74, 6) is -0.0767. The zero-order valence-corrected chi connectivity index (χ0v) is 8.49. The Morgan fingerprint density at radius 1 is 1.44 bits per heavy atom. The van der Waals surface area contributed by atoms with E-state index in [4.69, 9.17) is 5.73 Å². The number of methoxy groups -OCH3 is 1. The molecule has 0 bridgehead atoms. The first-order chi connectivity index (χ1) is 7.70. The van der Waals surface area contributed by atoms with Gasteiger partial charge in [0.05, 0.1) is 19.0 Å². The van der Waals surface area contributed by atoms with Gasteiger partial charge in [-0.3, -0.25) is 0 Å². The normalized spacial score (nSPS) is 10.1. The average Bonchev–Trinajstić information content (AvgIpc) is 2.78. The van der Waals surface area contributed by atoms with Crippen molar-refractivity contribution >= 4 is 11.7 Å². The van der Waals surface area contributed by atoms with Crippen molar-refractivity contribution in [2.45, 2.75) is 0 Å². The number of hydrogen-bond acceptors (Lipinski definition) is 6. The number of nitrogens with two attached hydrogens (primary N) is 1. The molecule has 0 saturated carbocycles. The quantitative estimate of drug-likeness (QED) is 0.716. The highest BCUT2D eigenvalue weighted by Crippen LogP contribution is 2.05. The molecule has 0 aliphatic carbocycles. The average molecular weight is 219 g/mol. The van der Waals surface area contributed by atoms with Gasteiger partial charge < -0.3 is 10.5 Å². The standard InChI is InChI=1S/C9H9N5O2/c1-16-9(15)8-12-5-14(13-8)7-3-2-6(10)4-11-7/h2-5H,10H2,1H3. The molecule has 2 rings (SSSR count). The minimum absolute atomic E-state index is 0.0128. The highest BCUT2D eigenvalue weighted by atomic mass is 16.5. The van der Waals surface area contributed by atoms with Crippen molar-refractivity contribution in [3.8, 4) is 5.82 Å². The van der Waals surface area contributed by atoms with Gasteiger partial charge in [0.1, 0.15) is 6.33 Å². The minimum atomic E-state index is -0.589. The summed E-state index contributed by atoms with van der Waals surface area (Å²) in [5, 5.41) is 3.91. The molecule has 2 N–H and O–H groups in total. The summed E-state index contributed by atoms with van der Waals surface area (Å²) >= 11 is 0. The van der Waals surface area contributed by atoms with Crippen molar-refractivity contribution in [3.63, 3.8) is 0 Å². The number of hydrogen-bond donors (Lipinski definition) is 1. The summed E-state index contributed by atoms with van der Waals surface area (Å²) in [6.07, 6.45) is 2.87. The van der Waals surface area contributed by atoms with Gasteiger partial charge in [-0.05, 0) is 12.1 Å². The van der Waals surface area contributed by atoms with E-state index in [2.05, 4.69) is 19.8 Å². The van der Waals surface area contributed by atoms with Crippen LogP contribution in [0.2, 0.25) is 0 Å². The maximum absolute atomic E-state index is 11.1. The Bertz CT molecular complexity index is 505. The fourth-order valence-electron chi connectivity index (χ4n) is 1.09. The van der Waals surface area contributed by atoms with Crippen LogP contribution >= 0.6 is 0 Å². The van der Waals surface area contributed by atoms with Crippen LogP contribution < -0.4 is 5.73 Å². The van der Waals surface area contributed by atoms with Gasteiger partial charge in [0.2, 0.25) is 0 Å². The molecular formula is C9H9N5O2. The number of nitrogen functional groups attached to an aromatic ring is 1. The van der Waals surface area contributed by atoms with Gasteiger partial charge in [0.15, 0.2) is 5.82 Å². The summed E-state index contributed by atoms with van der Waals surface area (Å²) in [5.41, 5.74) is 6.05. The molecule has 7 heteroatoms. The van der Waals surface area contributed by atoms with Crippen molar-refractivity contribution in [2.24, 2.45) is 0 Å². The fourth-order valence-corrected chi connectivity index (χ4v) is 1.09. The van der Waals surface area contributed by atoms with Crippen molar-refractivity contribution < 1.29 is 9.53 Å². The highest BCUT2D eigenvalue weighted by molar-refractivity contribution is 5.84. The zero-order valence-electron chi connectivity index (χ0n) is 8.49. The van der Waals surface area contributed by atoms with Crippen molar-refractivity contribution in [3.05, 3.63) is 30.5 Å². The molecule has 0 fully saturated rings. The Kier molecular flexibility index (Phi) is 2.50. The van der Waals surface area contributed by atoms with E-state index >= 15 is 0 Å². The van der Waals surface area contributed by atoms with Gasteiger partial charge in [-0.25, -0.2) is 19.4 Å². The molecule has 0 amide bonds. The summed E-state index contributed by atoms with van der Waals surface area (Å²) in [4.78, 5) is 18.9. The molecule has 0 aliphatic rings. The molecule has 0 spiro atoms. The summed E-state index contributed by atoms with van der Waals surface area (Å²) in [6, 6.07) is 3.35. The number of carbonyl (C=O) groups is 1. The van der Waals surface area contributed by atoms with E-state index in [0.717, 1.165) is 0 Å². The zero-order chi connectivity index (χ0) is 11.5. The molecule has 0 atom stereocenters. The first-order valence-electron chi connectivity index (χ1n) is 4.42. The number of rotatable bonds is 2. The Morgan fingerprint density at radius 2 is 2.25 bits per heavy atom. The summed E-state index contributed by atoms with van der Waals surface area (Å²) in [7, 11) is 1.27. The van der Waals surface area contributed by atoms with E-state index in [1.807, 2.05) is 0 Å². The first kappa shape index (κ1) is 10.1. The van der Waals surface area contributed by atoms with Crippen molar-refractivity contribution in [2.75, 3.05) is 12.8 Å². The van der Waals surface area contributed by atoms with E-state index in [1.54, 1.807) is 12.1 Å². The molecule has 0 aromatic carbocycles. The number of carbonyl (C=O) groups excluding carboxylic acids is 1. The Hall–Kier alpha value is -2.44.